The average molecular weight is 425 g/mol. The fourth-order valence-electron chi connectivity index (χ4n) is 3.28. The van der Waals surface area contributed by atoms with E-state index in [-0.39, 0.29) is 29.1 Å². The number of sulfonamides is 1. The molecule has 1 fully saturated rings. The minimum absolute atomic E-state index is 0.109. The smallest absolute Gasteiger partial charge is 0.243 e. The lowest BCUT2D eigenvalue weighted by Crippen LogP contribution is -2.39. The van der Waals surface area contributed by atoms with Gasteiger partial charge in [0, 0.05) is 36.6 Å². The van der Waals surface area contributed by atoms with Crippen LogP contribution in [0.25, 0.3) is 0 Å². The third kappa shape index (κ3) is 5.10. The number of halogens is 2. The normalized spacial score (nSPS) is 16.1. The molecule has 8 heteroatoms. The number of nitrogens with one attached hydrogen (secondary N) is 1. The van der Waals surface area contributed by atoms with Gasteiger partial charge in [-0.05, 0) is 49.1 Å². The van der Waals surface area contributed by atoms with Crippen LogP contribution in [0, 0.1) is 11.7 Å². The molecule has 0 unspecified atom stereocenters. The molecule has 0 aromatic heterocycles. The largest absolute Gasteiger partial charge is 0.352 e. The van der Waals surface area contributed by atoms with E-state index >= 15 is 0 Å². The van der Waals surface area contributed by atoms with Crippen LogP contribution < -0.4 is 5.32 Å². The molecule has 1 saturated heterocycles. The number of hydrogen-bond acceptors (Lipinski definition) is 3. The molecule has 0 spiro atoms. The van der Waals surface area contributed by atoms with E-state index in [1.807, 2.05) is 0 Å². The zero-order valence-electron chi connectivity index (χ0n) is 15.3. The van der Waals surface area contributed by atoms with Crippen molar-refractivity contribution in [1.29, 1.82) is 0 Å². The maximum Gasteiger partial charge on any atom is 0.243 e. The molecule has 0 atom stereocenters. The minimum Gasteiger partial charge on any atom is -0.352 e. The van der Waals surface area contributed by atoms with Crippen molar-refractivity contribution in [2.45, 2.75) is 30.7 Å². The standard InChI is InChI=1S/C20H22ClFN2O3S/c21-17-5-7-18(8-6-17)28(26,27)24-11-9-15(10-12-24)13-20(25)23-14-16-3-1-2-4-19(16)22/h1-8,15H,9-14H2,(H,23,25). The van der Waals surface area contributed by atoms with Crippen LogP contribution in [0.3, 0.4) is 0 Å². The first-order chi connectivity index (χ1) is 13.4. The molecule has 1 aliphatic rings. The SMILES string of the molecule is O=C(CC1CCN(S(=O)(=O)c2ccc(Cl)cc2)CC1)NCc1ccccc1F. The van der Waals surface area contributed by atoms with Crippen LogP contribution in [0.4, 0.5) is 4.39 Å². The van der Waals surface area contributed by atoms with E-state index in [2.05, 4.69) is 5.32 Å². The van der Waals surface area contributed by atoms with Crippen molar-refractivity contribution >= 4 is 27.5 Å². The zero-order valence-corrected chi connectivity index (χ0v) is 16.8. The molecular formula is C20H22ClFN2O3S. The molecular weight excluding hydrogens is 403 g/mol. The van der Waals surface area contributed by atoms with Crippen molar-refractivity contribution in [2.75, 3.05) is 13.1 Å². The van der Waals surface area contributed by atoms with Crippen LogP contribution in [0.2, 0.25) is 5.02 Å². The third-order valence-corrected chi connectivity index (χ3v) is 7.10. The van der Waals surface area contributed by atoms with Gasteiger partial charge in [0.05, 0.1) is 4.90 Å². The van der Waals surface area contributed by atoms with E-state index in [1.54, 1.807) is 30.3 Å². The first kappa shape index (κ1) is 20.8. The Kier molecular flexibility index (Phi) is 6.69. The van der Waals surface area contributed by atoms with Gasteiger partial charge >= 0.3 is 0 Å². The van der Waals surface area contributed by atoms with Crippen molar-refractivity contribution in [3.63, 3.8) is 0 Å². The van der Waals surface area contributed by atoms with E-state index in [4.69, 9.17) is 11.6 Å². The summed E-state index contributed by atoms with van der Waals surface area (Å²) in [7, 11) is -3.55. The summed E-state index contributed by atoms with van der Waals surface area (Å²) in [6.45, 7) is 0.891. The van der Waals surface area contributed by atoms with Crippen molar-refractivity contribution in [3.8, 4) is 0 Å². The van der Waals surface area contributed by atoms with Gasteiger partial charge in [-0.3, -0.25) is 4.79 Å². The molecule has 150 valence electrons. The second-order valence-corrected chi connectivity index (χ2v) is 9.25. The predicted octanol–water partition coefficient (Wildman–Crippen LogP) is 3.59. The molecule has 5 nitrogen and oxygen atoms in total. The number of benzene rings is 2. The lowest BCUT2D eigenvalue weighted by molar-refractivity contribution is -0.122. The molecule has 0 aliphatic carbocycles. The summed E-state index contributed by atoms with van der Waals surface area (Å²) < 4.78 is 40.4. The van der Waals surface area contributed by atoms with Crippen LogP contribution in [-0.4, -0.2) is 31.7 Å². The van der Waals surface area contributed by atoms with Gasteiger partial charge in [0.25, 0.3) is 0 Å². The van der Waals surface area contributed by atoms with Crippen LogP contribution in [0.5, 0.6) is 0 Å². The Morgan fingerprint density at radius 2 is 1.75 bits per heavy atom. The summed E-state index contributed by atoms with van der Waals surface area (Å²) in [6.07, 6.45) is 1.53. The average Bonchev–Trinajstić information content (AvgIpc) is 2.68. The highest BCUT2D eigenvalue weighted by molar-refractivity contribution is 7.89. The second-order valence-electron chi connectivity index (χ2n) is 6.87. The Morgan fingerprint density at radius 1 is 1.11 bits per heavy atom. The van der Waals surface area contributed by atoms with E-state index in [9.17, 15) is 17.6 Å². The summed E-state index contributed by atoms with van der Waals surface area (Å²) in [5, 5.41) is 3.22. The number of piperidine rings is 1. The van der Waals surface area contributed by atoms with Crippen molar-refractivity contribution in [1.82, 2.24) is 9.62 Å². The van der Waals surface area contributed by atoms with Crippen molar-refractivity contribution < 1.29 is 17.6 Å². The Bertz CT molecular complexity index is 927. The van der Waals surface area contributed by atoms with Gasteiger partial charge in [-0.15, -0.1) is 0 Å². The van der Waals surface area contributed by atoms with Gasteiger partial charge in [-0.25, -0.2) is 12.8 Å². The van der Waals surface area contributed by atoms with Crippen LogP contribution in [0.1, 0.15) is 24.8 Å². The maximum atomic E-state index is 13.6. The summed E-state index contributed by atoms with van der Waals surface area (Å²) in [6, 6.07) is 12.4. The molecule has 1 amide bonds. The summed E-state index contributed by atoms with van der Waals surface area (Å²) in [5.41, 5.74) is 0.444. The van der Waals surface area contributed by atoms with Gasteiger partial charge in [0.2, 0.25) is 15.9 Å². The third-order valence-electron chi connectivity index (χ3n) is 4.93. The molecule has 2 aromatic carbocycles. The molecule has 0 radical (unpaired) electrons. The highest BCUT2D eigenvalue weighted by atomic mass is 35.5. The van der Waals surface area contributed by atoms with E-state index in [0.717, 1.165) is 0 Å². The molecule has 2 aromatic rings. The Hall–Kier alpha value is -1.96. The number of nitrogens with zero attached hydrogens (tertiary/aromatic N) is 1. The Balaban J connectivity index is 1.49. The number of amides is 1. The molecule has 28 heavy (non-hydrogen) atoms. The number of rotatable bonds is 6. The molecule has 1 aliphatic heterocycles. The van der Waals surface area contributed by atoms with E-state index in [0.29, 0.717) is 42.9 Å². The van der Waals surface area contributed by atoms with Gasteiger partial charge in [0.15, 0.2) is 0 Å². The number of carbonyl (C=O) groups excluding carboxylic acids is 1. The number of carbonyl (C=O) groups is 1. The Labute approximate surface area is 169 Å². The molecule has 0 bridgehead atoms. The number of hydrogen-bond donors (Lipinski definition) is 1. The van der Waals surface area contributed by atoms with Crippen LogP contribution in [0.15, 0.2) is 53.4 Å². The fraction of sp³-hybridized carbons (Fsp3) is 0.350. The monoisotopic (exact) mass is 424 g/mol. The molecule has 1 heterocycles. The van der Waals surface area contributed by atoms with Gasteiger partial charge in [0.1, 0.15) is 5.82 Å². The first-order valence-electron chi connectivity index (χ1n) is 9.12. The first-order valence-corrected chi connectivity index (χ1v) is 10.9. The van der Waals surface area contributed by atoms with Gasteiger partial charge in [-0.1, -0.05) is 29.8 Å². The van der Waals surface area contributed by atoms with Crippen molar-refractivity contribution in [2.24, 2.45) is 5.92 Å². The molecule has 1 N–H and O–H groups in total. The predicted molar refractivity (Wildman–Crippen MR) is 106 cm³/mol. The fourth-order valence-corrected chi connectivity index (χ4v) is 4.88. The molecule has 0 saturated carbocycles. The van der Waals surface area contributed by atoms with Crippen LogP contribution >= 0.6 is 11.6 Å². The lowest BCUT2D eigenvalue weighted by atomic mass is 9.94. The topological polar surface area (TPSA) is 66.5 Å². The van der Waals surface area contributed by atoms with Crippen LogP contribution in [-0.2, 0) is 21.4 Å². The maximum absolute atomic E-state index is 13.6. The van der Waals surface area contributed by atoms with E-state index < -0.39 is 10.0 Å². The zero-order chi connectivity index (χ0) is 20.1. The summed E-state index contributed by atoms with van der Waals surface area (Å²) in [5.74, 6) is -0.386. The van der Waals surface area contributed by atoms with Gasteiger partial charge < -0.3 is 5.32 Å². The quantitative estimate of drug-likeness (QED) is 0.770. The van der Waals surface area contributed by atoms with Gasteiger partial charge in [-0.2, -0.15) is 4.31 Å². The minimum atomic E-state index is -3.55. The highest BCUT2D eigenvalue weighted by Crippen LogP contribution is 2.26. The molecule has 3 rings (SSSR count). The second kappa shape index (κ2) is 9.03. The Morgan fingerprint density at radius 3 is 2.39 bits per heavy atom. The van der Waals surface area contributed by atoms with E-state index in [1.165, 1.54) is 22.5 Å². The summed E-state index contributed by atoms with van der Waals surface area (Å²) in [4.78, 5) is 12.4. The highest BCUT2D eigenvalue weighted by Gasteiger charge is 2.30. The van der Waals surface area contributed by atoms with Crippen molar-refractivity contribution in [3.05, 3.63) is 64.9 Å². The summed E-state index contributed by atoms with van der Waals surface area (Å²) >= 11 is 5.82. The lowest BCUT2D eigenvalue weighted by Gasteiger charge is -2.31.